The smallest absolute Gasteiger partial charge is 0.247 e. The third kappa shape index (κ3) is 5.05. The predicted octanol–water partition coefficient (Wildman–Crippen LogP) is 3.15. The minimum absolute atomic E-state index is 0.332. The Hall–Kier alpha value is -2.45. The van der Waals surface area contributed by atoms with E-state index in [9.17, 15) is 13.2 Å². The van der Waals surface area contributed by atoms with Crippen molar-refractivity contribution in [3.05, 3.63) is 47.5 Å². The van der Waals surface area contributed by atoms with Gasteiger partial charge in [-0.2, -0.15) is 0 Å². The second-order valence-electron chi connectivity index (χ2n) is 5.77. The Labute approximate surface area is 163 Å². The van der Waals surface area contributed by atoms with Gasteiger partial charge in [-0.1, -0.05) is 11.6 Å². The summed E-state index contributed by atoms with van der Waals surface area (Å²) < 4.78 is 35.8. The fourth-order valence-electron chi connectivity index (χ4n) is 2.53. The van der Waals surface area contributed by atoms with E-state index in [1.54, 1.807) is 36.4 Å². The SMILES string of the molecule is COc1ccc(N([C@H](C)C(=O)Nc2ccc(OC)c(Cl)c2)S(C)(=O)=O)cc1. The molecular formula is C18H21ClN2O5S. The summed E-state index contributed by atoms with van der Waals surface area (Å²) in [4.78, 5) is 12.6. The van der Waals surface area contributed by atoms with Gasteiger partial charge in [-0.25, -0.2) is 8.42 Å². The van der Waals surface area contributed by atoms with Crippen molar-refractivity contribution in [1.29, 1.82) is 0 Å². The van der Waals surface area contributed by atoms with Gasteiger partial charge in [-0.15, -0.1) is 0 Å². The number of ether oxygens (including phenoxy) is 2. The quantitative estimate of drug-likeness (QED) is 0.755. The fraction of sp³-hybridized carbons (Fsp3) is 0.278. The molecule has 146 valence electrons. The van der Waals surface area contributed by atoms with Crippen molar-refractivity contribution < 1.29 is 22.7 Å². The predicted molar refractivity (Wildman–Crippen MR) is 106 cm³/mol. The van der Waals surface area contributed by atoms with Crippen LogP contribution in [0.25, 0.3) is 0 Å². The van der Waals surface area contributed by atoms with E-state index in [2.05, 4.69) is 5.32 Å². The van der Waals surface area contributed by atoms with E-state index in [0.717, 1.165) is 10.6 Å². The summed E-state index contributed by atoms with van der Waals surface area (Å²) in [5, 5.41) is 3.00. The Balaban J connectivity index is 2.27. The van der Waals surface area contributed by atoms with Gasteiger partial charge in [0.2, 0.25) is 15.9 Å². The molecule has 0 aliphatic heterocycles. The van der Waals surface area contributed by atoms with Crippen LogP contribution in [0, 0.1) is 0 Å². The molecule has 0 heterocycles. The lowest BCUT2D eigenvalue weighted by atomic mass is 10.2. The molecule has 2 aromatic carbocycles. The maximum atomic E-state index is 12.6. The first-order valence-electron chi connectivity index (χ1n) is 7.95. The lowest BCUT2D eigenvalue weighted by molar-refractivity contribution is -0.116. The molecular weight excluding hydrogens is 392 g/mol. The van der Waals surface area contributed by atoms with Crippen LogP contribution in [0.1, 0.15) is 6.92 Å². The number of rotatable bonds is 7. The van der Waals surface area contributed by atoms with Crippen LogP contribution in [0.2, 0.25) is 5.02 Å². The zero-order chi connectivity index (χ0) is 20.2. The normalized spacial score (nSPS) is 12.2. The monoisotopic (exact) mass is 412 g/mol. The summed E-state index contributed by atoms with van der Waals surface area (Å²) >= 11 is 6.06. The fourth-order valence-corrected chi connectivity index (χ4v) is 3.96. The molecule has 2 rings (SSSR count). The maximum absolute atomic E-state index is 12.6. The van der Waals surface area contributed by atoms with Gasteiger partial charge in [0.25, 0.3) is 0 Å². The van der Waals surface area contributed by atoms with E-state index >= 15 is 0 Å². The first-order chi connectivity index (χ1) is 12.7. The number of nitrogens with one attached hydrogen (secondary N) is 1. The Morgan fingerprint density at radius 2 is 1.74 bits per heavy atom. The van der Waals surface area contributed by atoms with Crippen LogP contribution in [0.3, 0.4) is 0 Å². The van der Waals surface area contributed by atoms with Crippen LogP contribution in [0.4, 0.5) is 11.4 Å². The highest BCUT2D eigenvalue weighted by molar-refractivity contribution is 7.92. The summed E-state index contributed by atoms with van der Waals surface area (Å²) in [7, 11) is -0.708. The average Bonchev–Trinajstić information content (AvgIpc) is 2.61. The number of halogens is 1. The number of amides is 1. The number of methoxy groups -OCH3 is 2. The van der Waals surface area contributed by atoms with Crippen LogP contribution < -0.4 is 19.1 Å². The molecule has 0 saturated carbocycles. The van der Waals surface area contributed by atoms with Crippen LogP contribution in [-0.2, 0) is 14.8 Å². The Kier molecular flexibility index (Phi) is 6.56. The molecule has 1 atom stereocenters. The van der Waals surface area contributed by atoms with Gasteiger partial charge >= 0.3 is 0 Å². The van der Waals surface area contributed by atoms with E-state index < -0.39 is 22.0 Å². The highest BCUT2D eigenvalue weighted by Crippen LogP contribution is 2.28. The zero-order valence-corrected chi connectivity index (χ0v) is 17.0. The van der Waals surface area contributed by atoms with Gasteiger partial charge in [-0.3, -0.25) is 9.10 Å². The van der Waals surface area contributed by atoms with Gasteiger partial charge in [-0.05, 0) is 49.4 Å². The topological polar surface area (TPSA) is 84.9 Å². The van der Waals surface area contributed by atoms with E-state index in [-0.39, 0.29) is 0 Å². The third-order valence-corrected chi connectivity index (χ3v) is 5.37. The summed E-state index contributed by atoms with van der Waals surface area (Å²) in [5.41, 5.74) is 0.787. The molecule has 0 unspecified atom stereocenters. The molecule has 9 heteroatoms. The zero-order valence-electron chi connectivity index (χ0n) is 15.4. The van der Waals surface area contributed by atoms with E-state index in [1.807, 2.05) is 0 Å². The molecule has 0 fully saturated rings. The molecule has 0 aliphatic carbocycles. The standard InChI is InChI=1S/C18H21ClN2O5S/c1-12(18(22)20-13-5-10-17(26-3)16(19)11-13)21(27(4,23)24)14-6-8-15(25-2)9-7-14/h5-12H,1-4H3,(H,20,22)/t12-/m1/s1. The summed E-state index contributed by atoms with van der Waals surface area (Å²) in [5.74, 6) is 0.549. The Bertz CT molecular complexity index is 916. The molecule has 0 radical (unpaired) electrons. The van der Waals surface area contributed by atoms with Crippen LogP contribution in [-0.4, -0.2) is 40.8 Å². The van der Waals surface area contributed by atoms with Crippen molar-refractivity contribution in [3.8, 4) is 11.5 Å². The molecule has 27 heavy (non-hydrogen) atoms. The number of sulfonamides is 1. The van der Waals surface area contributed by atoms with Crippen LogP contribution in [0.15, 0.2) is 42.5 Å². The van der Waals surface area contributed by atoms with Gasteiger partial charge in [0.05, 0.1) is 31.2 Å². The Morgan fingerprint density at radius 1 is 1.11 bits per heavy atom. The molecule has 0 saturated heterocycles. The second-order valence-corrected chi connectivity index (χ2v) is 8.04. The molecule has 1 N–H and O–H groups in total. The summed E-state index contributed by atoms with van der Waals surface area (Å²) in [6.45, 7) is 1.51. The summed E-state index contributed by atoms with van der Waals surface area (Å²) in [6, 6.07) is 10.2. The number of benzene rings is 2. The molecule has 7 nitrogen and oxygen atoms in total. The largest absolute Gasteiger partial charge is 0.497 e. The lowest BCUT2D eigenvalue weighted by Crippen LogP contribution is -2.45. The highest BCUT2D eigenvalue weighted by atomic mass is 35.5. The molecule has 0 bridgehead atoms. The number of anilines is 2. The first-order valence-corrected chi connectivity index (χ1v) is 10.2. The van der Waals surface area contributed by atoms with Crippen molar-refractivity contribution in [3.63, 3.8) is 0 Å². The van der Waals surface area contributed by atoms with E-state index in [4.69, 9.17) is 21.1 Å². The van der Waals surface area contributed by atoms with Crippen LogP contribution in [0.5, 0.6) is 11.5 Å². The van der Waals surface area contributed by atoms with E-state index in [0.29, 0.717) is 27.9 Å². The van der Waals surface area contributed by atoms with Gasteiger partial charge in [0.1, 0.15) is 17.5 Å². The minimum Gasteiger partial charge on any atom is -0.497 e. The number of carbonyl (C=O) groups excluding carboxylic acids is 1. The third-order valence-electron chi connectivity index (χ3n) is 3.83. The Morgan fingerprint density at radius 3 is 2.22 bits per heavy atom. The number of hydrogen-bond acceptors (Lipinski definition) is 5. The van der Waals surface area contributed by atoms with Crippen molar-refractivity contribution in [2.75, 3.05) is 30.1 Å². The first kappa shape index (κ1) is 20.9. The molecule has 0 aliphatic rings. The molecule has 0 spiro atoms. The van der Waals surface area contributed by atoms with Crippen molar-refractivity contribution >= 4 is 38.9 Å². The lowest BCUT2D eigenvalue weighted by Gasteiger charge is -2.28. The second kappa shape index (κ2) is 8.49. The van der Waals surface area contributed by atoms with Crippen molar-refractivity contribution in [2.45, 2.75) is 13.0 Å². The van der Waals surface area contributed by atoms with Crippen LogP contribution >= 0.6 is 11.6 Å². The van der Waals surface area contributed by atoms with E-state index in [1.165, 1.54) is 27.2 Å². The average molecular weight is 413 g/mol. The number of carbonyl (C=O) groups is 1. The van der Waals surface area contributed by atoms with Gasteiger partial charge in [0.15, 0.2) is 0 Å². The van der Waals surface area contributed by atoms with Gasteiger partial charge in [0, 0.05) is 5.69 Å². The number of nitrogens with zero attached hydrogens (tertiary/aromatic N) is 1. The summed E-state index contributed by atoms with van der Waals surface area (Å²) in [6.07, 6.45) is 1.05. The number of hydrogen-bond donors (Lipinski definition) is 1. The molecule has 0 aromatic heterocycles. The van der Waals surface area contributed by atoms with Crippen molar-refractivity contribution in [2.24, 2.45) is 0 Å². The molecule has 1 amide bonds. The maximum Gasteiger partial charge on any atom is 0.247 e. The van der Waals surface area contributed by atoms with Gasteiger partial charge < -0.3 is 14.8 Å². The van der Waals surface area contributed by atoms with Crippen molar-refractivity contribution in [1.82, 2.24) is 0 Å². The minimum atomic E-state index is -3.71. The molecule has 2 aromatic rings. The highest BCUT2D eigenvalue weighted by Gasteiger charge is 2.29.